The normalized spacial score (nSPS) is 21.2. The van der Waals surface area contributed by atoms with Crippen molar-refractivity contribution in [2.45, 2.75) is 25.3 Å². The Labute approximate surface area is 167 Å². The first-order chi connectivity index (χ1) is 13.6. The maximum atomic E-state index is 12.8. The van der Waals surface area contributed by atoms with Gasteiger partial charge in [-0.15, -0.1) is 0 Å². The number of likely N-dealkylation sites (N-methyl/N-ethyl adjacent to an activating group) is 1. The molecule has 0 aliphatic carbocycles. The number of carbonyl (C=O) groups is 2. The zero-order valence-corrected chi connectivity index (χ0v) is 16.8. The molecule has 0 bridgehead atoms. The van der Waals surface area contributed by atoms with Crippen LogP contribution in [-0.2, 0) is 16.0 Å². The van der Waals surface area contributed by atoms with Crippen LogP contribution >= 0.6 is 0 Å². The van der Waals surface area contributed by atoms with Crippen LogP contribution in [0.2, 0.25) is 0 Å². The molecule has 2 aliphatic rings. The number of morpholine rings is 1. The van der Waals surface area contributed by atoms with Crippen LogP contribution in [0.1, 0.15) is 18.4 Å². The average Bonchev–Trinajstić information content (AvgIpc) is 2.93. The molecule has 2 aliphatic heterocycles. The smallest absolute Gasteiger partial charge is 0.317 e. The summed E-state index contributed by atoms with van der Waals surface area (Å²) < 4.78 is 5.57. The standard InChI is InChI=1S/C21H32N4O3/c1-23-10-5-11-24(13-12-23)20(26)16-19-17-28-15-14-25(19)21(27)22-9-8-18-6-3-2-4-7-18/h2-4,6-7,19H,5,8-17H2,1H3,(H,22,27)/t19-/m0/s1. The predicted molar refractivity (Wildman–Crippen MR) is 108 cm³/mol. The molecule has 2 fully saturated rings. The van der Waals surface area contributed by atoms with E-state index in [1.165, 1.54) is 5.56 Å². The van der Waals surface area contributed by atoms with Gasteiger partial charge in [-0.1, -0.05) is 30.3 Å². The highest BCUT2D eigenvalue weighted by Gasteiger charge is 2.30. The van der Waals surface area contributed by atoms with E-state index in [-0.39, 0.29) is 18.0 Å². The molecule has 2 heterocycles. The number of ether oxygens (including phenoxy) is 1. The molecule has 0 unspecified atom stereocenters. The van der Waals surface area contributed by atoms with E-state index < -0.39 is 0 Å². The second-order valence-electron chi connectivity index (χ2n) is 7.63. The van der Waals surface area contributed by atoms with Gasteiger partial charge in [-0.2, -0.15) is 0 Å². The summed E-state index contributed by atoms with van der Waals surface area (Å²) in [6.07, 6.45) is 2.12. The van der Waals surface area contributed by atoms with E-state index in [0.29, 0.717) is 32.7 Å². The molecular formula is C21H32N4O3. The zero-order valence-electron chi connectivity index (χ0n) is 16.8. The van der Waals surface area contributed by atoms with Crippen LogP contribution in [-0.4, -0.2) is 92.2 Å². The van der Waals surface area contributed by atoms with Crippen molar-refractivity contribution in [3.05, 3.63) is 35.9 Å². The summed E-state index contributed by atoms with van der Waals surface area (Å²) in [5.41, 5.74) is 1.20. The fraction of sp³-hybridized carbons (Fsp3) is 0.619. The van der Waals surface area contributed by atoms with Gasteiger partial charge >= 0.3 is 6.03 Å². The molecule has 3 amide bonds. The summed E-state index contributed by atoms with van der Waals surface area (Å²) in [7, 11) is 2.09. The van der Waals surface area contributed by atoms with E-state index in [4.69, 9.17) is 4.74 Å². The number of hydrogen-bond acceptors (Lipinski definition) is 4. The second kappa shape index (κ2) is 10.4. The number of nitrogens with one attached hydrogen (secondary N) is 1. The third kappa shape index (κ3) is 5.94. The summed E-state index contributed by atoms with van der Waals surface area (Å²) in [6.45, 7) is 5.52. The Morgan fingerprint density at radius 3 is 2.75 bits per heavy atom. The molecule has 0 spiro atoms. The van der Waals surface area contributed by atoms with Gasteiger partial charge in [0.05, 0.1) is 19.3 Å². The van der Waals surface area contributed by atoms with Gasteiger partial charge in [0.25, 0.3) is 0 Å². The maximum Gasteiger partial charge on any atom is 0.317 e. The molecule has 0 saturated carbocycles. The summed E-state index contributed by atoms with van der Waals surface area (Å²) in [5, 5.41) is 3.00. The number of urea groups is 1. The van der Waals surface area contributed by atoms with Crippen molar-refractivity contribution < 1.29 is 14.3 Å². The maximum absolute atomic E-state index is 12.8. The second-order valence-corrected chi connectivity index (χ2v) is 7.63. The molecule has 7 nitrogen and oxygen atoms in total. The van der Waals surface area contributed by atoms with Crippen molar-refractivity contribution in [1.29, 1.82) is 0 Å². The van der Waals surface area contributed by atoms with E-state index in [1.54, 1.807) is 4.90 Å². The molecule has 0 aromatic heterocycles. The monoisotopic (exact) mass is 388 g/mol. The topological polar surface area (TPSA) is 65.1 Å². The third-order valence-electron chi connectivity index (χ3n) is 5.50. The summed E-state index contributed by atoms with van der Waals surface area (Å²) in [6, 6.07) is 9.80. The third-order valence-corrected chi connectivity index (χ3v) is 5.50. The molecular weight excluding hydrogens is 356 g/mol. The van der Waals surface area contributed by atoms with E-state index in [2.05, 4.69) is 29.4 Å². The van der Waals surface area contributed by atoms with Crippen LogP contribution in [0, 0.1) is 0 Å². The van der Waals surface area contributed by atoms with Crippen molar-refractivity contribution in [3.8, 4) is 0 Å². The van der Waals surface area contributed by atoms with E-state index in [0.717, 1.165) is 39.0 Å². The number of amides is 3. The largest absolute Gasteiger partial charge is 0.377 e. The van der Waals surface area contributed by atoms with Crippen LogP contribution in [0.15, 0.2) is 30.3 Å². The molecule has 28 heavy (non-hydrogen) atoms. The highest BCUT2D eigenvalue weighted by Crippen LogP contribution is 2.14. The van der Waals surface area contributed by atoms with Crippen molar-refractivity contribution in [2.24, 2.45) is 0 Å². The summed E-state index contributed by atoms with van der Waals surface area (Å²) in [4.78, 5) is 31.4. The van der Waals surface area contributed by atoms with Gasteiger partial charge in [0, 0.05) is 39.1 Å². The minimum atomic E-state index is -0.195. The Balaban J connectivity index is 1.49. The van der Waals surface area contributed by atoms with Crippen LogP contribution in [0.4, 0.5) is 4.79 Å². The van der Waals surface area contributed by atoms with Crippen LogP contribution in [0.25, 0.3) is 0 Å². The molecule has 3 rings (SSSR count). The van der Waals surface area contributed by atoms with E-state index >= 15 is 0 Å². The molecule has 1 N–H and O–H groups in total. The minimum Gasteiger partial charge on any atom is -0.377 e. The molecule has 2 saturated heterocycles. The number of hydrogen-bond donors (Lipinski definition) is 1. The van der Waals surface area contributed by atoms with Crippen LogP contribution < -0.4 is 5.32 Å². The number of carbonyl (C=O) groups excluding carboxylic acids is 2. The number of nitrogens with zero attached hydrogens (tertiary/aromatic N) is 3. The van der Waals surface area contributed by atoms with E-state index in [1.807, 2.05) is 23.1 Å². The predicted octanol–water partition coefficient (Wildman–Crippen LogP) is 1.19. The van der Waals surface area contributed by atoms with Crippen LogP contribution in [0.5, 0.6) is 0 Å². The Hall–Kier alpha value is -2.12. The first-order valence-electron chi connectivity index (χ1n) is 10.3. The summed E-state index contributed by atoms with van der Waals surface area (Å²) >= 11 is 0. The molecule has 1 aromatic rings. The van der Waals surface area contributed by atoms with Crippen molar-refractivity contribution in [3.63, 3.8) is 0 Å². The lowest BCUT2D eigenvalue weighted by Crippen LogP contribution is -2.54. The molecule has 1 aromatic carbocycles. The minimum absolute atomic E-state index is 0.104. The Morgan fingerprint density at radius 2 is 1.93 bits per heavy atom. The lowest BCUT2D eigenvalue weighted by Gasteiger charge is -2.36. The Kier molecular flexibility index (Phi) is 7.68. The van der Waals surface area contributed by atoms with Gasteiger partial charge in [0.2, 0.25) is 5.91 Å². The number of benzene rings is 1. The SMILES string of the molecule is CN1CCCN(C(=O)C[C@H]2COCCN2C(=O)NCCc2ccccc2)CC1. The highest BCUT2D eigenvalue weighted by atomic mass is 16.5. The van der Waals surface area contributed by atoms with Crippen molar-refractivity contribution in [2.75, 3.05) is 59.5 Å². The van der Waals surface area contributed by atoms with Crippen molar-refractivity contribution in [1.82, 2.24) is 20.0 Å². The quantitative estimate of drug-likeness (QED) is 0.823. The first kappa shape index (κ1) is 20.6. The summed E-state index contributed by atoms with van der Waals surface area (Å²) in [5.74, 6) is 0.118. The van der Waals surface area contributed by atoms with Gasteiger partial charge < -0.3 is 24.8 Å². The van der Waals surface area contributed by atoms with Gasteiger partial charge in [0.15, 0.2) is 0 Å². The Morgan fingerprint density at radius 1 is 1.11 bits per heavy atom. The van der Waals surface area contributed by atoms with Crippen molar-refractivity contribution >= 4 is 11.9 Å². The fourth-order valence-electron chi connectivity index (χ4n) is 3.78. The molecule has 7 heteroatoms. The first-order valence-corrected chi connectivity index (χ1v) is 10.3. The Bertz CT molecular complexity index is 640. The number of rotatable bonds is 5. The lowest BCUT2D eigenvalue weighted by molar-refractivity contribution is -0.133. The van der Waals surface area contributed by atoms with Gasteiger partial charge in [-0.25, -0.2) is 4.79 Å². The lowest BCUT2D eigenvalue weighted by atomic mass is 10.1. The van der Waals surface area contributed by atoms with E-state index in [9.17, 15) is 9.59 Å². The highest BCUT2D eigenvalue weighted by molar-refractivity contribution is 5.79. The van der Waals surface area contributed by atoms with Gasteiger partial charge in [-0.3, -0.25) is 4.79 Å². The molecule has 0 radical (unpaired) electrons. The molecule has 154 valence electrons. The molecule has 1 atom stereocenters. The fourth-order valence-corrected chi connectivity index (χ4v) is 3.78. The van der Waals surface area contributed by atoms with Gasteiger partial charge in [-0.05, 0) is 32.0 Å². The van der Waals surface area contributed by atoms with Crippen LogP contribution in [0.3, 0.4) is 0 Å². The van der Waals surface area contributed by atoms with Gasteiger partial charge in [0.1, 0.15) is 0 Å². The average molecular weight is 389 g/mol. The zero-order chi connectivity index (χ0) is 19.8.